The number of hydrogen-bond acceptors (Lipinski definition) is 1. The second-order valence-electron chi connectivity index (χ2n) is 5.48. The van der Waals surface area contributed by atoms with Crippen molar-refractivity contribution in [2.24, 2.45) is 23.7 Å². The lowest BCUT2D eigenvalue weighted by atomic mass is 9.79. The van der Waals surface area contributed by atoms with Crippen molar-refractivity contribution in [3.8, 4) is 0 Å². The summed E-state index contributed by atoms with van der Waals surface area (Å²) in [6.45, 7) is 1.88. The molecule has 0 saturated heterocycles. The van der Waals surface area contributed by atoms with Crippen LogP contribution in [-0.4, -0.2) is 11.1 Å². The minimum Gasteiger partial charge on any atom is -0.481 e. The van der Waals surface area contributed by atoms with Crippen LogP contribution in [0.4, 0.5) is 0 Å². The van der Waals surface area contributed by atoms with E-state index in [2.05, 4.69) is 0 Å². The van der Waals surface area contributed by atoms with Crippen LogP contribution in [-0.2, 0) is 4.79 Å². The molecular formula is C13H18O2. The third-order valence-corrected chi connectivity index (χ3v) is 4.87. The van der Waals surface area contributed by atoms with Gasteiger partial charge in [-0.25, -0.2) is 0 Å². The van der Waals surface area contributed by atoms with E-state index in [1.165, 1.54) is 25.7 Å². The number of carboxylic acids is 1. The van der Waals surface area contributed by atoms with Crippen LogP contribution in [0.5, 0.6) is 0 Å². The Morgan fingerprint density at radius 2 is 2.27 bits per heavy atom. The smallest absolute Gasteiger partial charge is 0.306 e. The summed E-state index contributed by atoms with van der Waals surface area (Å²) in [4.78, 5) is 11.0. The number of rotatable bonds is 2. The van der Waals surface area contributed by atoms with Gasteiger partial charge in [-0.1, -0.05) is 18.1 Å². The van der Waals surface area contributed by atoms with E-state index in [9.17, 15) is 4.79 Å². The molecular weight excluding hydrogens is 188 g/mol. The maximum absolute atomic E-state index is 11.0. The molecule has 0 aromatic heterocycles. The normalized spacial score (nSPS) is 39.7. The number of carboxylic acid groups (broad SMARTS) is 1. The second-order valence-corrected chi connectivity index (χ2v) is 5.48. The van der Waals surface area contributed by atoms with Crippen molar-refractivity contribution in [2.45, 2.75) is 39.0 Å². The summed E-state index contributed by atoms with van der Waals surface area (Å²) < 4.78 is 0. The van der Waals surface area contributed by atoms with Crippen molar-refractivity contribution in [1.82, 2.24) is 0 Å². The van der Waals surface area contributed by atoms with Gasteiger partial charge in [-0.15, -0.1) is 0 Å². The van der Waals surface area contributed by atoms with Gasteiger partial charge in [-0.05, 0) is 49.9 Å². The molecule has 2 saturated carbocycles. The Labute approximate surface area is 90.4 Å². The third-order valence-electron chi connectivity index (χ3n) is 4.87. The number of hydrogen-bond donors (Lipinski definition) is 1. The number of fused-ring (bicyclic) bond motifs is 4. The largest absolute Gasteiger partial charge is 0.481 e. The lowest BCUT2D eigenvalue weighted by Gasteiger charge is -2.26. The molecule has 3 aliphatic rings. The standard InChI is InChI=1S/C13H18O2/c1-7(13(14)15)11-5-8-6-12(11)10-4-2-3-9(8)10/h7-9,11H,2-6H2,1H3,(H,14,15). The first kappa shape index (κ1) is 9.44. The predicted molar refractivity (Wildman–Crippen MR) is 57.4 cm³/mol. The molecule has 2 nitrogen and oxygen atoms in total. The number of carbonyl (C=O) groups is 1. The molecule has 3 rings (SSSR count). The predicted octanol–water partition coefficient (Wildman–Crippen LogP) is 2.84. The molecule has 15 heavy (non-hydrogen) atoms. The Morgan fingerprint density at radius 1 is 1.47 bits per heavy atom. The van der Waals surface area contributed by atoms with E-state index >= 15 is 0 Å². The van der Waals surface area contributed by atoms with Crippen LogP contribution in [0.3, 0.4) is 0 Å². The highest BCUT2D eigenvalue weighted by Gasteiger charge is 2.48. The molecule has 0 amide bonds. The van der Waals surface area contributed by atoms with E-state index < -0.39 is 5.97 Å². The first-order valence-corrected chi connectivity index (χ1v) is 6.13. The topological polar surface area (TPSA) is 37.3 Å². The van der Waals surface area contributed by atoms with Gasteiger partial charge in [0, 0.05) is 0 Å². The minimum atomic E-state index is -0.616. The van der Waals surface area contributed by atoms with Crippen molar-refractivity contribution < 1.29 is 9.90 Å². The van der Waals surface area contributed by atoms with Gasteiger partial charge in [-0.2, -0.15) is 0 Å². The fourth-order valence-corrected chi connectivity index (χ4v) is 4.13. The summed E-state index contributed by atoms with van der Waals surface area (Å²) in [5.41, 5.74) is 3.22. The molecule has 2 bridgehead atoms. The average molecular weight is 206 g/mol. The highest BCUT2D eigenvalue weighted by Crippen LogP contribution is 2.58. The van der Waals surface area contributed by atoms with Gasteiger partial charge in [0.15, 0.2) is 0 Å². The van der Waals surface area contributed by atoms with Crippen LogP contribution in [0.1, 0.15) is 39.0 Å². The van der Waals surface area contributed by atoms with Crippen molar-refractivity contribution >= 4 is 5.97 Å². The van der Waals surface area contributed by atoms with Gasteiger partial charge in [0.05, 0.1) is 5.92 Å². The SMILES string of the molecule is CC(C(=O)O)C1CC2CC1=C1CCCC12. The molecule has 3 aliphatic carbocycles. The second kappa shape index (κ2) is 3.10. The molecule has 0 heterocycles. The Balaban J connectivity index is 1.90. The van der Waals surface area contributed by atoms with Crippen LogP contribution in [0, 0.1) is 23.7 Å². The van der Waals surface area contributed by atoms with E-state index in [-0.39, 0.29) is 5.92 Å². The van der Waals surface area contributed by atoms with E-state index in [0.717, 1.165) is 18.3 Å². The van der Waals surface area contributed by atoms with E-state index in [4.69, 9.17) is 5.11 Å². The summed E-state index contributed by atoms with van der Waals surface area (Å²) in [5.74, 6) is 1.26. The van der Waals surface area contributed by atoms with Crippen molar-refractivity contribution in [1.29, 1.82) is 0 Å². The number of allylic oxidation sites excluding steroid dienone is 2. The van der Waals surface area contributed by atoms with Gasteiger partial charge < -0.3 is 5.11 Å². The summed E-state index contributed by atoms with van der Waals surface area (Å²) in [7, 11) is 0. The molecule has 0 aromatic rings. The quantitative estimate of drug-likeness (QED) is 0.705. The maximum atomic E-state index is 11.0. The maximum Gasteiger partial charge on any atom is 0.306 e. The van der Waals surface area contributed by atoms with Gasteiger partial charge in [0.1, 0.15) is 0 Å². The van der Waals surface area contributed by atoms with Gasteiger partial charge >= 0.3 is 5.97 Å². The Bertz CT molecular complexity index is 342. The first-order valence-electron chi connectivity index (χ1n) is 6.13. The Morgan fingerprint density at radius 3 is 3.00 bits per heavy atom. The molecule has 1 N–H and O–H groups in total. The van der Waals surface area contributed by atoms with Crippen LogP contribution in [0.15, 0.2) is 11.1 Å². The highest BCUT2D eigenvalue weighted by molar-refractivity contribution is 5.70. The Kier molecular flexibility index (Phi) is 1.95. The summed E-state index contributed by atoms with van der Waals surface area (Å²) >= 11 is 0. The summed E-state index contributed by atoms with van der Waals surface area (Å²) in [6.07, 6.45) is 6.35. The zero-order valence-electron chi connectivity index (χ0n) is 9.20. The zero-order chi connectivity index (χ0) is 10.6. The van der Waals surface area contributed by atoms with Gasteiger partial charge in [0.25, 0.3) is 0 Å². The average Bonchev–Trinajstić information content (AvgIpc) is 2.87. The fraction of sp³-hybridized carbons (Fsp3) is 0.769. The minimum absolute atomic E-state index is 0.168. The highest BCUT2D eigenvalue weighted by atomic mass is 16.4. The van der Waals surface area contributed by atoms with Crippen LogP contribution < -0.4 is 0 Å². The molecule has 0 spiro atoms. The molecule has 2 fully saturated rings. The number of aliphatic carboxylic acids is 1. The van der Waals surface area contributed by atoms with Gasteiger partial charge in [0.2, 0.25) is 0 Å². The van der Waals surface area contributed by atoms with E-state index in [1.54, 1.807) is 11.1 Å². The summed E-state index contributed by atoms with van der Waals surface area (Å²) in [6, 6.07) is 0. The van der Waals surface area contributed by atoms with Gasteiger partial charge in [-0.3, -0.25) is 4.79 Å². The molecule has 0 aliphatic heterocycles. The molecule has 0 radical (unpaired) electrons. The molecule has 0 aromatic carbocycles. The molecule has 4 atom stereocenters. The van der Waals surface area contributed by atoms with Crippen LogP contribution in [0.2, 0.25) is 0 Å². The molecule has 4 unspecified atom stereocenters. The van der Waals surface area contributed by atoms with Crippen LogP contribution >= 0.6 is 0 Å². The van der Waals surface area contributed by atoms with Crippen molar-refractivity contribution in [2.75, 3.05) is 0 Å². The summed E-state index contributed by atoms with van der Waals surface area (Å²) in [5, 5.41) is 9.09. The third kappa shape index (κ3) is 1.20. The van der Waals surface area contributed by atoms with Crippen molar-refractivity contribution in [3.63, 3.8) is 0 Å². The lowest BCUT2D eigenvalue weighted by molar-refractivity contribution is -0.142. The zero-order valence-corrected chi connectivity index (χ0v) is 9.20. The first-order chi connectivity index (χ1) is 7.18. The monoisotopic (exact) mass is 206 g/mol. The fourth-order valence-electron chi connectivity index (χ4n) is 4.13. The molecule has 2 heteroatoms. The van der Waals surface area contributed by atoms with E-state index in [1.807, 2.05) is 6.92 Å². The van der Waals surface area contributed by atoms with Crippen molar-refractivity contribution in [3.05, 3.63) is 11.1 Å². The lowest BCUT2D eigenvalue weighted by Crippen LogP contribution is -2.23. The Hall–Kier alpha value is -0.790. The van der Waals surface area contributed by atoms with E-state index in [0.29, 0.717) is 5.92 Å². The molecule has 82 valence electrons. The van der Waals surface area contributed by atoms with Crippen LogP contribution in [0.25, 0.3) is 0 Å².